The van der Waals surface area contributed by atoms with E-state index in [9.17, 15) is 4.79 Å². The normalized spacial score (nSPS) is 11.8. The maximum absolute atomic E-state index is 12.1. The van der Waals surface area contributed by atoms with Crippen LogP contribution < -0.4 is 20.2 Å². The average Bonchev–Trinajstić information content (AvgIpc) is 2.62. The number of amides is 1. The quantitative estimate of drug-likeness (QED) is 0.546. The highest BCUT2D eigenvalue weighted by atomic mass is 79.9. The van der Waals surface area contributed by atoms with E-state index >= 15 is 0 Å². The van der Waals surface area contributed by atoms with Gasteiger partial charge in [0.15, 0.2) is 0 Å². The van der Waals surface area contributed by atoms with Crippen molar-refractivity contribution in [3.8, 4) is 11.5 Å². The Morgan fingerprint density at radius 3 is 2.52 bits per heavy atom. The fourth-order valence-corrected chi connectivity index (χ4v) is 2.45. The van der Waals surface area contributed by atoms with Gasteiger partial charge in [0.05, 0.1) is 20.4 Å². The molecule has 0 fully saturated rings. The van der Waals surface area contributed by atoms with Gasteiger partial charge in [0.2, 0.25) is 0 Å². The summed E-state index contributed by atoms with van der Waals surface area (Å²) >= 11 is 3.39. The zero-order chi connectivity index (χ0) is 18.2. The number of halogens is 1. The Hall–Kier alpha value is -2.54. The summed E-state index contributed by atoms with van der Waals surface area (Å²) in [5.74, 6) is 1.18. The summed E-state index contributed by atoms with van der Waals surface area (Å²) in [5, 5.41) is 7.10. The first-order valence-corrected chi connectivity index (χ1v) is 8.40. The predicted octanol–water partition coefficient (Wildman–Crippen LogP) is 3.42. The molecule has 2 N–H and O–H groups in total. The van der Waals surface area contributed by atoms with Crippen LogP contribution in [-0.2, 0) is 4.79 Å². The van der Waals surface area contributed by atoms with Gasteiger partial charge in [-0.3, -0.25) is 4.79 Å². The number of carbonyl (C=O) groups excluding carboxylic acids is 1. The number of carbonyl (C=O) groups is 1. The second-order valence-electron chi connectivity index (χ2n) is 5.22. The second-order valence-corrected chi connectivity index (χ2v) is 6.13. The Morgan fingerprint density at radius 2 is 1.88 bits per heavy atom. The smallest absolute Gasteiger partial charge is 0.262 e. The molecule has 0 aliphatic carbocycles. The van der Waals surface area contributed by atoms with Crippen LogP contribution in [0.2, 0.25) is 0 Å². The van der Waals surface area contributed by atoms with Crippen LogP contribution in [0.3, 0.4) is 0 Å². The minimum atomic E-state index is -0.449. The van der Waals surface area contributed by atoms with Crippen LogP contribution in [0.25, 0.3) is 0 Å². The third kappa shape index (κ3) is 5.49. The number of methoxy groups -OCH3 is 2. The molecule has 7 heteroatoms. The lowest BCUT2D eigenvalue weighted by molar-refractivity contribution is -0.121. The van der Waals surface area contributed by atoms with Gasteiger partial charge < -0.3 is 14.8 Å². The van der Waals surface area contributed by atoms with E-state index in [1.165, 1.54) is 0 Å². The fraction of sp³-hybridized carbons (Fsp3) is 0.222. The van der Waals surface area contributed by atoms with Crippen LogP contribution in [0.5, 0.6) is 11.5 Å². The number of rotatable bonds is 7. The zero-order valence-electron chi connectivity index (χ0n) is 14.2. The summed E-state index contributed by atoms with van der Waals surface area (Å²) in [7, 11) is 3.19. The largest absolute Gasteiger partial charge is 0.497 e. The van der Waals surface area contributed by atoms with E-state index in [-0.39, 0.29) is 5.91 Å². The van der Waals surface area contributed by atoms with Gasteiger partial charge in [-0.15, -0.1) is 0 Å². The minimum absolute atomic E-state index is 0.249. The molecule has 0 aliphatic heterocycles. The van der Waals surface area contributed by atoms with Gasteiger partial charge in [0.1, 0.15) is 17.5 Å². The molecule has 0 saturated heterocycles. The van der Waals surface area contributed by atoms with Crippen molar-refractivity contribution in [1.82, 2.24) is 5.43 Å². The summed E-state index contributed by atoms with van der Waals surface area (Å²) in [6.45, 7) is 1.76. The summed E-state index contributed by atoms with van der Waals surface area (Å²) in [6, 6.07) is 12.4. The lowest BCUT2D eigenvalue weighted by Crippen LogP contribution is -2.34. The first-order chi connectivity index (χ1) is 12.0. The van der Waals surface area contributed by atoms with Gasteiger partial charge in [-0.25, -0.2) is 5.43 Å². The molecule has 1 amide bonds. The standard InChI is InChI=1S/C18H20BrN3O3/c1-12(21-15-5-7-16(24-2)8-6-15)18(23)22-20-11-13-10-14(19)4-9-17(13)25-3/h4-12,21H,1-3H3,(H,22,23)/b20-11-/t12-/m1/s1. The molecule has 25 heavy (non-hydrogen) atoms. The van der Waals surface area contributed by atoms with E-state index in [2.05, 4.69) is 31.8 Å². The van der Waals surface area contributed by atoms with Gasteiger partial charge >= 0.3 is 0 Å². The van der Waals surface area contributed by atoms with Gasteiger partial charge in [0, 0.05) is 15.7 Å². The van der Waals surface area contributed by atoms with E-state index in [1.54, 1.807) is 27.4 Å². The lowest BCUT2D eigenvalue weighted by Gasteiger charge is -2.13. The summed E-state index contributed by atoms with van der Waals surface area (Å²) in [4.78, 5) is 12.1. The molecular formula is C18H20BrN3O3. The van der Waals surface area contributed by atoms with Gasteiger partial charge in [-0.05, 0) is 49.4 Å². The van der Waals surface area contributed by atoms with E-state index in [0.29, 0.717) is 5.75 Å². The molecule has 2 aromatic rings. The van der Waals surface area contributed by atoms with Crippen LogP contribution in [0, 0.1) is 0 Å². The van der Waals surface area contributed by atoms with E-state index in [0.717, 1.165) is 21.5 Å². The number of ether oxygens (including phenoxy) is 2. The van der Waals surface area contributed by atoms with Crippen molar-refractivity contribution in [1.29, 1.82) is 0 Å². The van der Waals surface area contributed by atoms with Crippen molar-refractivity contribution in [2.45, 2.75) is 13.0 Å². The van der Waals surface area contributed by atoms with Crippen molar-refractivity contribution in [3.63, 3.8) is 0 Å². The number of hydrogen-bond acceptors (Lipinski definition) is 5. The summed E-state index contributed by atoms with van der Waals surface area (Å²) < 4.78 is 11.3. The molecule has 0 unspecified atom stereocenters. The summed E-state index contributed by atoms with van der Waals surface area (Å²) in [6.07, 6.45) is 1.54. The third-order valence-corrected chi connectivity index (χ3v) is 3.93. The molecule has 6 nitrogen and oxygen atoms in total. The highest BCUT2D eigenvalue weighted by Crippen LogP contribution is 2.21. The van der Waals surface area contributed by atoms with E-state index < -0.39 is 6.04 Å². The molecule has 1 atom stereocenters. The molecule has 0 saturated carbocycles. The van der Waals surface area contributed by atoms with Gasteiger partial charge in [-0.2, -0.15) is 5.10 Å². The molecule has 0 bridgehead atoms. The first kappa shape index (κ1) is 18.8. The number of anilines is 1. The fourth-order valence-electron chi connectivity index (χ4n) is 2.07. The highest BCUT2D eigenvalue weighted by molar-refractivity contribution is 9.10. The van der Waals surface area contributed by atoms with Crippen molar-refractivity contribution >= 4 is 33.7 Å². The van der Waals surface area contributed by atoms with Crippen molar-refractivity contribution in [2.75, 3.05) is 19.5 Å². The molecule has 0 radical (unpaired) electrons. The monoisotopic (exact) mass is 405 g/mol. The molecular weight excluding hydrogens is 386 g/mol. The topological polar surface area (TPSA) is 72.0 Å². The maximum atomic E-state index is 12.1. The molecule has 2 rings (SSSR count). The van der Waals surface area contributed by atoms with Gasteiger partial charge in [-0.1, -0.05) is 15.9 Å². The lowest BCUT2D eigenvalue weighted by atomic mass is 10.2. The number of hydrogen-bond donors (Lipinski definition) is 2. The molecule has 2 aromatic carbocycles. The molecule has 0 aromatic heterocycles. The van der Waals surface area contributed by atoms with Crippen molar-refractivity contribution in [2.24, 2.45) is 5.10 Å². The Labute approximate surface area is 155 Å². The Balaban J connectivity index is 1.93. The number of benzene rings is 2. The highest BCUT2D eigenvalue weighted by Gasteiger charge is 2.11. The van der Waals surface area contributed by atoms with Gasteiger partial charge in [0.25, 0.3) is 5.91 Å². The second kappa shape index (κ2) is 9.08. The van der Waals surface area contributed by atoms with Crippen LogP contribution in [0.1, 0.15) is 12.5 Å². The molecule has 0 aliphatic rings. The zero-order valence-corrected chi connectivity index (χ0v) is 15.8. The number of nitrogens with zero attached hydrogens (tertiary/aromatic N) is 1. The maximum Gasteiger partial charge on any atom is 0.262 e. The number of nitrogens with one attached hydrogen (secondary N) is 2. The van der Waals surface area contributed by atoms with Crippen molar-refractivity contribution in [3.05, 3.63) is 52.5 Å². The Morgan fingerprint density at radius 1 is 1.16 bits per heavy atom. The van der Waals surface area contributed by atoms with Crippen LogP contribution >= 0.6 is 15.9 Å². The Bertz CT molecular complexity index is 748. The minimum Gasteiger partial charge on any atom is -0.497 e. The Kier molecular flexibility index (Phi) is 6.82. The van der Waals surface area contributed by atoms with Crippen LogP contribution in [0.15, 0.2) is 52.0 Å². The van der Waals surface area contributed by atoms with Crippen LogP contribution in [-0.4, -0.2) is 32.4 Å². The molecule has 132 valence electrons. The van der Waals surface area contributed by atoms with E-state index in [4.69, 9.17) is 9.47 Å². The first-order valence-electron chi connectivity index (χ1n) is 7.60. The average molecular weight is 406 g/mol. The third-order valence-electron chi connectivity index (χ3n) is 3.44. The molecule has 0 heterocycles. The predicted molar refractivity (Wildman–Crippen MR) is 103 cm³/mol. The van der Waals surface area contributed by atoms with Crippen LogP contribution in [0.4, 0.5) is 5.69 Å². The SMILES string of the molecule is COc1ccc(N[C@H](C)C(=O)N/N=C\c2cc(Br)ccc2OC)cc1. The molecule has 0 spiro atoms. The summed E-state index contributed by atoms with van der Waals surface area (Å²) in [5.41, 5.74) is 4.09. The van der Waals surface area contributed by atoms with E-state index in [1.807, 2.05) is 42.5 Å². The van der Waals surface area contributed by atoms with Crippen molar-refractivity contribution < 1.29 is 14.3 Å². The number of hydrazone groups is 1.